The van der Waals surface area contributed by atoms with Crippen LogP contribution in [0.15, 0.2) is 29.2 Å². The summed E-state index contributed by atoms with van der Waals surface area (Å²) < 4.78 is 34.2. The highest BCUT2D eigenvalue weighted by Gasteiger charge is 2.61. The van der Waals surface area contributed by atoms with Crippen LogP contribution in [0.1, 0.15) is 46.2 Å². The normalized spacial score (nSPS) is 22.9. The smallest absolute Gasteiger partial charge is 0.276 e. The van der Waals surface area contributed by atoms with Crippen LogP contribution >= 0.6 is 0 Å². The number of nitrogens with one attached hydrogen (secondary N) is 1. The third kappa shape index (κ3) is 2.93. The number of rotatable bonds is 3. The van der Waals surface area contributed by atoms with Crippen molar-refractivity contribution in [1.29, 1.82) is 0 Å². The highest BCUT2D eigenvalue weighted by atomic mass is 19.1. The van der Waals surface area contributed by atoms with Crippen molar-refractivity contribution in [2.45, 2.75) is 50.7 Å². The van der Waals surface area contributed by atoms with Crippen molar-refractivity contribution in [1.82, 2.24) is 14.8 Å². The van der Waals surface area contributed by atoms with Gasteiger partial charge in [0.15, 0.2) is 17.7 Å². The maximum absolute atomic E-state index is 13.8. The van der Waals surface area contributed by atoms with Gasteiger partial charge in [0.2, 0.25) is 5.43 Å². The highest BCUT2D eigenvalue weighted by Crippen LogP contribution is 2.52. The lowest BCUT2D eigenvalue weighted by atomic mass is 10.1. The topological polar surface area (TPSA) is 101 Å². The largest absolute Gasteiger partial charge is 0.503 e. The number of nitrogens with zero attached hydrogens (tertiary/aromatic N) is 2. The van der Waals surface area contributed by atoms with Crippen molar-refractivity contribution >= 4 is 11.8 Å². The molecule has 1 aliphatic carbocycles. The Labute approximate surface area is 175 Å². The van der Waals surface area contributed by atoms with Crippen LogP contribution in [0.2, 0.25) is 0 Å². The first kappa shape index (κ1) is 19.7. The van der Waals surface area contributed by atoms with Gasteiger partial charge >= 0.3 is 0 Å². The zero-order valence-electron chi connectivity index (χ0n) is 16.5. The number of ether oxygens (including phenoxy) is 1. The van der Waals surface area contributed by atoms with E-state index in [1.165, 1.54) is 16.8 Å². The Bertz CT molecular complexity index is 1190. The lowest BCUT2D eigenvalue weighted by molar-refractivity contribution is -0.0230. The summed E-state index contributed by atoms with van der Waals surface area (Å²) in [6, 6.07) is 2.74. The Balaban J connectivity index is 1.43. The molecule has 2 aromatic rings. The quantitative estimate of drug-likeness (QED) is 0.767. The second-order valence-corrected chi connectivity index (χ2v) is 8.17. The molecule has 162 valence electrons. The summed E-state index contributed by atoms with van der Waals surface area (Å²) in [5.74, 6) is -3.78. The number of benzene rings is 1. The molecule has 0 radical (unpaired) electrons. The van der Waals surface area contributed by atoms with Gasteiger partial charge in [0.05, 0.1) is 18.2 Å². The fourth-order valence-corrected chi connectivity index (χ4v) is 4.43. The number of hydrogen-bond acceptors (Lipinski definition) is 5. The van der Waals surface area contributed by atoms with Gasteiger partial charge in [-0.25, -0.2) is 8.78 Å². The minimum Gasteiger partial charge on any atom is -0.503 e. The van der Waals surface area contributed by atoms with Gasteiger partial charge < -0.3 is 24.6 Å². The van der Waals surface area contributed by atoms with Crippen LogP contribution in [0.5, 0.6) is 5.75 Å². The minimum atomic E-state index is -0.996. The molecule has 0 unspecified atom stereocenters. The number of pyridine rings is 1. The number of carbonyl (C=O) groups excluding carboxylic acids is 2. The van der Waals surface area contributed by atoms with E-state index < -0.39 is 46.4 Å². The minimum absolute atomic E-state index is 0.0333. The van der Waals surface area contributed by atoms with Crippen LogP contribution in [-0.4, -0.2) is 44.3 Å². The van der Waals surface area contributed by atoms with E-state index in [0.717, 1.165) is 18.9 Å². The average molecular weight is 431 g/mol. The van der Waals surface area contributed by atoms with Gasteiger partial charge in [-0.3, -0.25) is 14.4 Å². The van der Waals surface area contributed by atoms with Gasteiger partial charge in [-0.2, -0.15) is 0 Å². The molecule has 31 heavy (non-hydrogen) atoms. The second-order valence-electron chi connectivity index (χ2n) is 8.17. The van der Waals surface area contributed by atoms with Crippen LogP contribution in [0, 0.1) is 11.6 Å². The van der Waals surface area contributed by atoms with Gasteiger partial charge in [-0.1, -0.05) is 6.07 Å². The molecule has 3 heterocycles. The highest BCUT2D eigenvalue weighted by molar-refractivity contribution is 5.99. The van der Waals surface area contributed by atoms with Crippen LogP contribution in [-0.2, 0) is 17.8 Å². The van der Waals surface area contributed by atoms with E-state index in [4.69, 9.17) is 4.74 Å². The van der Waals surface area contributed by atoms with Crippen molar-refractivity contribution < 1.29 is 28.2 Å². The summed E-state index contributed by atoms with van der Waals surface area (Å²) >= 11 is 0. The predicted octanol–water partition coefficient (Wildman–Crippen LogP) is 1.50. The van der Waals surface area contributed by atoms with Gasteiger partial charge in [0.25, 0.3) is 11.8 Å². The molecule has 1 saturated heterocycles. The van der Waals surface area contributed by atoms with E-state index in [2.05, 4.69) is 5.32 Å². The summed E-state index contributed by atoms with van der Waals surface area (Å²) in [5, 5.41) is 12.8. The lowest BCUT2D eigenvalue weighted by Gasteiger charge is -2.33. The molecule has 2 aliphatic heterocycles. The zero-order chi connectivity index (χ0) is 22.1. The van der Waals surface area contributed by atoms with E-state index in [-0.39, 0.29) is 36.0 Å². The van der Waals surface area contributed by atoms with Gasteiger partial charge in [-0.15, -0.1) is 0 Å². The SMILES string of the molecule is C[C@H]1N2C(=O)c3c(O)c(=O)c(C(=O)NCc4ccc(F)cc4F)cn3C[C@@H]2OC12CC2. The first-order valence-corrected chi connectivity index (χ1v) is 9.91. The molecule has 3 aliphatic rings. The second kappa shape index (κ2) is 6.61. The summed E-state index contributed by atoms with van der Waals surface area (Å²) in [6.07, 6.45) is 2.32. The number of carbonyl (C=O) groups is 2. The Morgan fingerprint density at radius 1 is 1.32 bits per heavy atom. The Morgan fingerprint density at radius 3 is 2.74 bits per heavy atom. The fraction of sp³-hybridized carbons (Fsp3) is 0.381. The summed E-state index contributed by atoms with van der Waals surface area (Å²) in [5.41, 5.74) is -1.92. The molecule has 0 bridgehead atoms. The monoisotopic (exact) mass is 431 g/mol. The van der Waals surface area contributed by atoms with Crippen LogP contribution < -0.4 is 10.7 Å². The van der Waals surface area contributed by atoms with E-state index in [0.29, 0.717) is 6.07 Å². The number of fused-ring (bicyclic) bond motifs is 2. The van der Waals surface area contributed by atoms with Crippen molar-refractivity contribution in [3.05, 3.63) is 63.1 Å². The molecule has 2 atom stereocenters. The Morgan fingerprint density at radius 2 is 2.06 bits per heavy atom. The number of aromatic nitrogens is 1. The Hall–Kier alpha value is -3.27. The number of hydrogen-bond donors (Lipinski definition) is 2. The number of halogens is 2. The molecular weight excluding hydrogens is 412 g/mol. The van der Waals surface area contributed by atoms with Crippen LogP contribution in [0.4, 0.5) is 8.78 Å². The molecule has 1 aromatic heterocycles. The van der Waals surface area contributed by atoms with E-state index in [1.54, 1.807) is 4.90 Å². The van der Waals surface area contributed by atoms with Crippen molar-refractivity contribution in [2.24, 2.45) is 0 Å². The molecular formula is C21H19F2N3O5. The standard InChI is InChI=1S/C21H19F2N3O5/c1-10-21(4-5-21)31-15-9-25-8-13(17(27)18(28)16(25)20(30)26(10)15)19(29)24-7-11-2-3-12(22)6-14(11)23/h2-3,6,8,10,15,28H,4-5,7,9H2,1H3,(H,24,29)/t10-,15+/m1/s1. The maximum Gasteiger partial charge on any atom is 0.276 e. The molecule has 1 saturated carbocycles. The van der Waals surface area contributed by atoms with Crippen LogP contribution in [0.25, 0.3) is 0 Å². The summed E-state index contributed by atoms with van der Waals surface area (Å²) in [7, 11) is 0. The molecule has 2 fully saturated rings. The van der Waals surface area contributed by atoms with Gasteiger partial charge in [0, 0.05) is 24.4 Å². The van der Waals surface area contributed by atoms with Crippen molar-refractivity contribution in [2.75, 3.05) is 0 Å². The molecule has 8 nitrogen and oxygen atoms in total. The first-order chi connectivity index (χ1) is 14.7. The van der Waals surface area contributed by atoms with Crippen molar-refractivity contribution in [3.63, 3.8) is 0 Å². The number of aromatic hydroxyl groups is 1. The van der Waals surface area contributed by atoms with E-state index >= 15 is 0 Å². The molecule has 1 aromatic carbocycles. The number of amides is 2. The lowest BCUT2D eigenvalue weighted by Crippen LogP contribution is -2.49. The fourth-order valence-electron chi connectivity index (χ4n) is 4.43. The molecule has 10 heteroatoms. The molecule has 2 N–H and O–H groups in total. The zero-order valence-corrected chi connectivity index (χ0v) is 16.5. The van der Waals surface area contributed by atoms with Gasteiger partial charge in [-0.05, 0) is 25.8 Å². The van der Waals surface area contributed by atoms with Crippen LogP contribution in [0.3, 0.4) is 0 Å². The maximum atomic E-state index is 13.8. The summed E-state index contributed by atoms with van der Waals surface area (Å²) in [4.78, 5) is 39.7. The Kier molecular flexibility index (Phi) is 4.20. The van der Waals surface area contributed by atoms with E-state index in [9.17, 15) is 28.3 Å². The molecule has 5 rings (SSSR count). The summed E-state index contributed by atoms with van der Waals surface area (Å²) in [6.45, 7) is 1.76. The third-order valence-corrected chi connectivity index (χ3v) is 6.35. The first-order valence-electron chi connectivity index (χ1n) is 9.91. The molecule has 2 amide bonds. The van der Waals surface area contributed by atoms with E-state index in [1.807, 2.05) is 6.92 Å². The third-order valence-electron chi connectivity index (χ3n) is 6.35. The van der Waals surface area contributed by atoms with Gasteiger partial charge in [0.1, 0.15) is 17.2 Å². The predicted molar refractivity (Wildman–Crippen MR) is 102 cm³/mol. The molecule has 1 spiro atoms. The average Bonchev–Trinajstić information content (AvgIpc) is 3.44. The van der Waals surface area contributed by atoms with Crippen molar-refractivity contribution in [3.8, 4) is 5.75 Å².